The van der Waals surface area contributed by atoms with E-state index >= 15 is 0 Å². The third-order valence-electron chi connectivity index (χ3n) is 6.50. The van der Waals surface area contributed by atoms with Crippen LogP contribution in [0.3, 0.4) is 0 Å². The van der Waals surface area contributed by atoms with Crippen molar-refractivity contribution >= 4 is 27.5 Å². The van der Waals surface area contributed by atoms with Gasteiger partial charge in [-0.2, -0.15) is 0 Å². The molecule has 1 unspecified atom stereocenters. The average Bonchev–Trinajstić information content (AvgIpc) is 2.94. The van der Waals surface area contributed by atoms with Gasteiger partial charge in [-0.15, -0.1) is 0 Å². The summed E-state index contributed by atoms with van der Waals surface area (Å²) < 4.78 is 39.7. The number of nitrogens with zero attached hydrogens (tertiary/aromatic N) is 2. The second kappa shape index (κ2) is 13.3. The lowest BCUT2D eigenvalue weighted by molar-refractivity contribution is -0.139. The van der Waals surface area contributed by atoms with Crippen molar-refractivity contribution in [1.82, 2.24) is 10.2 Å². The number of likely N-dealkylation sites (N-methyl/N-ethyl adjacent to an activating group) is 1. The van der Waals surface area contributed by atoms with Crippen LogP contribution in [-0.2, 0) is 26.2 Å². The molecule has 0 aliphatic rings. The molecule has 0 heterocycles. The lowest BCUT2D eigenvalue weighted by atomic mass is 10.1. The zero-order valence-corrected chi connectivity index (χ0v) is 24.6. The van der Waals surface area contributed by atoms with Crippen molar-refractivity contribution in [1.29, 1.82) is 0 Å². The molecule has 0 fully saturated rings. The molecular formula is C30H37N3O6S. The summed E-state index contributed by atoms with van der Waals surface area (Å²) in [6.07, 6.45) is 0. The van der Waals surface area contributed by atoms with Gasteiger partial charge in [-0.3, -0.25) is 13.9 Å². The Morgan fingerprint density at radius 2 is 1.57 bits per heavy atom. The normalized spacial score (nSPS) is 11.8. The summed E-state index contributed by atoms with van der Waals surface area (Å²) in [6.45, 7) is 7.21. The van der Waals surface area contributed by atoms with E-state index in [0.29, 0.717) is 18.0 Å². The van der Waals surface area contributed by atoms with E-state index < -0.39 is 28.5 Å². The predicted molar refractivity (Wildman–Crippen MR) is 155 cm³/mol. The van der Waals surface area contributed by atoms with Crippen LogP contribution in [0, 0.1) is 13.8 Å². The molecule has 3 rings (SSSR count). The van der Waals surface area contributed by atoms with Crippen molar-refractivity contribution in [2.75, 3.05) is 31.6 Å². The Hall–Kier alpha value is -4.05. The van der Waals surface area contributed by atoms with Crippen LogP contribution in [0.1, 0.15) is 30.5 Å². The van der Waals surface area contributed by atoms with E-state index in [1.165, 1.54) is 37.3 Å². The highest BCUT2D eigenvalue weighted by molar-refractivity contribution is 7.92. The first kappa shape index (κ1) is 30.5. The van der Waals surface area contributed by atoms with Crippen LogP contribution < -0.4 is 19.1 Å². The summed E-state index contributed by atoms with van der Waals surface area (Å²) in [7, 11) is -1.26. The minimum absolute atomic E-state index is 0.0303. The lowest BCUT2D eigenvalue weighted by Gasteiger charge is -2.32. The number of rotatable bonds is 12. The molecule has 3 aromatic rings. The number of amides is 2. The maximum Gasteiger partial charge on any atom is 0.264 e. The average molecular weight is 568 g/mol. The van der Waals surface area contributed by atoms with Gasteiger partial charge < -0.3 is 19.7 Å². The van der Waals surface area contributed by atoms with Crippen LogP contribution in [0.25, 0.3) is 0 Å². The smallest absolute Gasteiger partial charge is 0.264 e. The molecule has 2 amide bonds. The molecule has 0 aliphatic heterocycles. The number of anilines is 1. The Bertz CT molecular complexity index is 1440. The Kier molecular flexibility index (Phi) is 10.2. The van der Waals surface area contributed by atoms with Crippen molar-refractivity contribution in [3.05, 3.63) is 83.4 Å². The molecule has 1 atom stereocenters. The van der Waals surface area contributed by atoms with Crippen LogP contribution in [0.5, 0.6) is 11.5 Å². The van der Waals surface area contributed by atoms with E-state index in [9.17, 15) is 18.0 Å². The van der Waals surface area contributed by atoms with Gasteiger partial charge in [-0.1, -0.05) is 47.5 Å². The Morgan fingerprint density at radius 3 is 2.17 bits per heavy atom. The molecule has 9 nitrogen and oxygen atoms in total. The molecule has 0 saturated carbocycles. The predicted octanol–water partition coefficient (Wildman–Crippen LogP) is 4.07. The minimum Gasteiger partial charge on any atom is -0.493 e. The van der Waals surface area contributed by atoms with Gasteiger partial charge in [0.05, 0.1) is 24.8 Å². The number of benzene rings is 3. The van der Waals surface area contributed by atoms with Gasteiger partial charge in [0, 0.05) is 19.2 Å². The number of nitrogens with one attached hydrogen (secondary N) is 1. The number of carbonyl (C=O) groups excluding carboxylic acids is 2. The molecule has 0 saturated heterocycles. The molecule has 0 aliphatic carbocycles. The summed E-state index contributed by atoms with van der Waals surface area (Å²) in [5, 5.41) is 2.76. The van der Waals surface area contributed by atoms with E-state index in [1.54, 1.807) is 38.1 Å². The van der Waals surface area contributed by atoms with E-state index in [2.05, 4.69) is 5.32 Å². The zero-order valence-electron chi connectivity index (χ0n) is 23.8. The van der Waals surface area contributed by atoms with Crippen molar-refractivity contribution in [2.24, 2.45) is 0 Å². The largest absolute Gasteiger partial charge is 0.493 e. The van der Waals surface area contributed by atoms with E-state index in [1.807, 2.05) is 38.1 Å². The second-order valence-corrected chi connectivity index (χ2v) is 11.3. The maximum absolute atomic E-state index is 14.0. The highest BCUT2D eigenvalue weighted by Crippen LogP contribution is 2.34. The molecular weight excluding hydrogens is 530 g/mol. The Balaban J connectivity index is 2.09. The van der Waals surface area contributed by atoms with Crippen LogP contribution in [0.2, 0.25) is 0 Å². The second-order valence-electron chi connectivity index (χ2n) is 9.45. The maximum atomic E-state index is 14.0. The van der Waals surface area contributed by atoms with Gasteiger partial charge in [0.25, 0.3) is 10.0 Å². The highest BCUT2D eigenvalue weighted by atomic mass is 32.2. The number of hydrogen-bond acceptors (Lipinski definition) is 6. The number of ether oxygens (including phenoxy) is 2. The van der Waals surface area contributed by atoms with Gasteiger partial charge in [0.2, 0.25) is 11.8 Å². The topological polar surface area (TPSA) is 105 Å². The number of sulfonamides is 1. The fourth-order valence-electron chi connectivity index (χ4n) is 4.26. The summed E-state index contributed by atoms with van der Waals surface area (Å²) in [5.74, 6) is -0.145. The summed E-state index contributed by atoms with van der Waals surface area (Å²) in [4.78, 5) is 28.2. The van der Waals surface area contributed by atoms with Crippen LogP contribution in [0.15, 0.2) is 71.6 Å². The molecule has 3 aromatic carbocycles. The van der Waals surface area contributed by atoms with Crippen LogP contribution >= 0.6 is 0 Å². The summed E-state index contributed by atoms with van der Waals surface area (Å²) in [5.41, 5.74) is 2.94. The van der Waals surface area contributed by atoms with Gasteiger partial charge in [-0.25, -0.2) is 8.42 Å². The molecule has 10 heteroatoms. The molecule has 0 aromatic heterocycles. The van der Waals surface area contributed by atoms with Crippen molar-refractivity contribution in [3.63, 3.8) is 0 Å². The van der Waals surface area contributed by atoms with Crippen molar-refractivity contribution in [3.8, 4) is 11.5 Å². The molecule has 0 radical (unpaired) electrons. The summed E-state index contributed by atoms with van der Waals surface area (Å²) >= 11 is 0. The number of aryl methyl sites for hydroxylation is 2. The third kappa shape index (κ3) is 7.12. The fourth-order valence-corrected chi connectivity index (χ4v) is 5.66. The monoisotopic (exact) mass is 567 g/mol. The van der Waals surface area contributed by atoms with E-state index in [4.69, 9.17) is 9.47 Å². The first-order valence-corrected chi connectivity index (χ1v) is 14.4. The Morgan fingerprint density at radius 1 is 0.900 bits per heavy atom. The minimum atomic E-state index is -4.19. The SMILES string of the molecule is CCNC(=O)C(C)N(Cc1cccc(C)c1)C(=O)CN(c1ccc(OC)c(OC)c1)S(=O)(=O)c1ccc(C)cc1. The van der Waals surface area contributed by atoms with Gasteiger partial charge in [0.15, 0.2) is 11.5 Å². The standard InChI is InChI=1S/C30H37N3O6S/c1-7-31-30(35)23(4)32(19-24-10-8-9-22(3)17-24)29(34)20-33(25-13-16-27(38-5)28(18-25)39-6)40(36,37)26-14-11-21(2)12-15-26/h8-18,23H,7,19-20H2,1-6H3,(H,31,35). The molecule has 0 spiro atoms. The zero-order chi connectivity index (χ0) is 29.4. The van der Waals surface area contributed by atoms with Crippen molar-refractivity contribution in [2.45, 2.75) is 45.2 Å². The van der Waals surface area contributed by atoms with E-state index in [-0.39, 0.29) is 23.0 Å². The molecule has 40 heavy (non-hydrogen) atoms. The molecule has 214 valence electrons. The molecule has 0 bridgehead atoms. The van der Waals surface area contributed by atoms with Gasteiger partial charge in [-0.05, 0) is 57.5 Å². The number of hydrogen-bond donors (Lipinski definition) is 1. The van der Waals surface area contributed by atoms with E-state index in [0.717, 1.165) is 21.0 Å². The van der Waals surface area contributed by atoms with Crippen LogP contribution in [-0.4, -0.2) is 58.5 Å². The number of carbonyl (C=O) groups is 2. The first-order valence-electron chi connectivity index (χ1n) is 13.0. The Labute approximate surface area is 236 Å². The number of methoxy groups -OCH3 is 2. The first-order chi connectivity index (χ1) is 19.0. The quantitative estimate of drug-likeness (QED) is 0.354. The third-order valence-corrected chi connectivity index (χ3v) is 8.28. The van der Waals surface area contributed by atoms with Crippen molar-refractivity contribution < 1.29 is 27.5 Å². The highest BCUT2D eigenvalue weighted by Gasteiger charge is 2.33. The lowest BCUT2D eigenvalue weighted by Crippen LogP contribution is -2.51. The molecule has 1 N–H and O–H groups in total. The van der Waals surface area contributed by atoms with Gasteiger partial charge >= 0.3 is 0 Å². The fraction of sp³-hybridized carbons (Fsp3) is 0.333. The van der Waals surface area contributed by atoms with Crippen LogP contribution in [0.4, 0.5) is 5.69 Å². The van der Waals surface area contributed by atoms with Gasteiger partial charge in [0.1, 0.15) is 12.6 Å². The summed E-state index contributed by atoms with van der Waals surface area (Å²) in [6, 6.07) is 17.8.